The van der Waals surface area contributed by atoms with Crippen molar-refractivity contribution in [1.29, 1.82) is 0 Å². The number of benzene rings is 1. The highest BCUT2D eigenvalue weighted by atomic mass is 35.7. The standard InChI is InChI=1S/C12H15ClO4S/c1-9-8-11(2-3-12(9)18(13,14)15)17-10-4-6-16-7-5-10/h2-3,8,10H,4-7H2,1H3. The van der Waals surface area contributed by atoms with Crippen molar-refractivity contribution < 1.29 is 17.9 Å². The van der Waals surface area contributed by atoms with Crippen LogP contribution in [-0.2, 0) is 13.8 Å². The molecule has 1 fully saturated rings. The summed E-state index contributed by atoms with van der Waals surface area (Å²) in [5, 5.41) is 0. The molecule has 100 valence electrons. The van der Waals surface area contributed by atoms with Crippen molar-refractivity contribution in [3.63, 3.8) is 0 Å². The van der Waals surface area contributed by atoms with Crippen molar-refractivity contribution in [2.24, 2.45) is 0 Å². The predicted octanol–water partition coefficient (Wildman–Crippen LogP) is 2.48. The molecule has 1 heterocycles. The molecule has 0 amide bonds. The zero-order valence-corrected chi connectivity index (χ0v) is 11.6. The van der Waals surface area contributed by atoms with Gasteiger partial charge in [-0.3, -0.25) is 0 Å². The minimum absolute atomic E-state index is 0.128. The normalized spacial score (nSPS) is 17.7. The molecule has 0 saturated carbocycles. The smallest absolute Gasteiger partial charge is 0.261 e. The second-order valence-corrected chi connectivity index (χ2v) is 6.83. The quantitative estimate of drug-likeness (QED) is 0.803. The van der Waals surface area contributed by atoms with E-state index >= 15 is 0 Å². The topological polar surface area (TPSA) is 52.6 Å². The van der Waals surface area contributed by atoms with E-state index in [1.54, 1.807) is 19.1 Å². The van der Waals surface area contributed by atoms with E-state index in [0.717, 1.165) is 12.8 Å². The van der Waals surface area contributed by atoms with E-state index in [1.165, 1.54) is 6.07 Å². The Morgan fingerprint density at radius 3 is 2.56 bits per heavy atom. The molecule has 4 nitrogen and oxygen atoms in total. The first-order chi connectivity index (χ1) is 8.47. The number of hydrogen-bond acceptors (Lipinski definition) is 4. The highest BCUT2D eigenvalue weighted by molar-refractivity contribution is 8.13. The summed E-state index contributed by atoms with van der Waals surface area (Å²) in [7, 11) is 1.64. The summed E-state index contributed by atoms with van der Waals surface area (Å²) in [4.78, 5) is 0.128. The first-order valence-corrected chi connectivity index (χ1v) is 8.07. The van der Waals surface area contributed by atoms with Crippen LogP contribution in [0.3, 0.4) is 0 Å². The zero-order chi connectivity index (χ0) is 13.2. The third kappa shape index (κ3) is 3.37. The van der Waals surface area contributed by atoms with E-state index in [2.05, 4.69) is 0 Å². The lowest BCUT2D eigenvalue weighted by molar-refractivity contribution is 0.0255. The lowest BCUT2D eigenvalue weighted by Crippen LogP contribution is -2.25. The molecule has 0 aliphatic carbocycles. The van der Waals surface area contributed by atoms with Crippen LogP contribution in [0.4, 0.5) is 0 Å². The van der Waals surface area contributed by atoms with Gasteiger partial charge in [-0.1, -0.05) is 0 Å². The van der Waals surface area contributed by atoms with Crippen LogP contribution in [0, 0.1) is 6.92 Å². The maximum Gasteiger partial charge on any atom is 0.261 e. The molecule has 1 saturated heterocycles. The van der Waals surface area contributed by atoms with Gasteiger partial charge in [0.15, 0.2) is 0 Å². The first-order valence-electron chi connectivity index (χ1n) is 5.76. The Morgan fingerprint density at radius 1 is 1.33 bits per heavy atom. The van der Waals surface area contributed by atoms with Crippen molar-refractivity contribution in [3.05, 3.63) is 23.8 Å². The third-order valence-corrected chi connectivity index (χ3v) is 4.36. The molecule has 1 aromatic carbocycles. The Labute approximate surface area is 111 Å². The van der Waals surface area contributed by atoms with E-state index in [9.17, 15) is 8.42 Å². The van der Waals surface area contributed by atoms with Gasteiger partial charge in [0.25, 0.3) is 9.05 Å². The average molecular weight is 291 g/mol. The van der Waals surface area contributed by atoms with Crippen molar-refractivity contribution in [1.82, 2.24) is 0 Å². The first kappa shape index (κ1) is 13.6. The Hall–Kier alpha value is -0.780. The summed E-state index contributed by atoms with van der Waals surface area (Å²) in [5.41, 5.74) is 0.592. The van der Waals surface area contributed by atoms with Crippen LogP contribution in [-0.4, -0.2) is 27.7 Å². The SMILES string of the molecule is Cc1cc(OC2CCOCC2)ccc1S(=O)(=O)Cl. The molecule has 0 unspecified atom stereocenters. The number of halogens is 1. The molecule has 0 spiro atoms. The maximum atomic E-state index is 11.3. The molecular formula is C12H15ClO4S. The molecule has 0 radical (unpaired) electrons. The fourth-order valence-electron chi connectivity index (χ4n) is 1.96. The summed E-state index contributed by atoms with van der Waals surface area (Å²) in [6, 6.07) is 4.81. The Balaban J connectivity index is 2.13. The van der Waals surface area contributed by atoms with Crippen LogP contribution < -0.4 is 4.74 Å². The van der Waals surface area contributed by atoms with Gasteiger partial charge in [0.05, 0.1) is 18.1 Å². The van der Waals surface area contributed by atoms with Crippen LogP contribution in [0.15, 0.2) is 23.1 Å². The molecule has 0 aromatic heterocycles. The van der Waals surface area contributed by atoms with Gasteiger partial charge in [0.1, 0.15) is 11.9 Å². The molecule has 0 atom stereocenters. The van der Waals surface area contributed by atoms with Gasteiger partial charge in [0, 0.05) is 23.5 Å². The Kier molecular flexibility index (Phi) is 4.14. The highest BCUT2D eigenvalue weighted by Crippen LogP contribution is 2.25. The lowest BCUT2D eigenvalue weighted by atomic mass is 10.1. The van der Waals surface area contributed by atoms with E-state index in [4.69, 9.17) is 20.2 Å². The van der Waals surface area contributed by atoms with Gasteiger partial charge in [-0.05, 0) is 30.7 Å². The average Bonchev–Trinajstić information content (AvgIpc) is 2.28. The van der Waals surface area contributed by atoms with Crippen molar-refractivity contribution in [2.45, 2.75) is 30.8 Å². The molecule has 6 heteroatoms. The van der Waals surface area contributed by atoms with E-state index in [-0.39, 0.29) is 11.0 Å². The zero-order valence-electron chi connectivity index (χ0n) is 10.1. The summed E-state index contributed by atoms with van der Waals surface area (Å²) >= 11 is 0. The molecular weight excluding hydrogens is 276 g/mol. The van der Waals surface area contributed by atoms with Crippen molar-refractivity contribution >= 4 is 19.7 Å². The molecule has 1 aliphatic rings. The van der Waals surface area contributed by atoms with E-state index in [1.807, 2.05) is 0 Å². The van der Waals surface area contributed by atoms with Gasteiger partial charge in [0.2, 0.25) is 0 Å². The second kappa shape index (κ2) is 5.47. The highest BCUT2D eigenvalue weighted by Gasteiger charge is 2.17. The van der Waals surface area contributed by atoms with Crippen LogP contribution >= 0.6 is 10.7 Å². The summed E-state index contributed by atoms with van der Waals surface area (Å²) < 4.78 is 33.6. The van der Waals surface area contributed by atoms with Crippen molar-refractivity contribution in [3.8, 4) is 5.75 Å². The van der Waals surface area contributed by atoms with E-state index < -0.39 is 9.05 Å². The number of hydrogen-bond donors (Lipinski definition) is 0. The Morgan fingerprint density at radius 2 is 2.00 bits per heavy atom. The second-order valence-electron chi connectivity index (χ2n) is 4.29. The van der Waals surface area contributed by atoms with Crippen LogP contribution in [0.25, 0.3) is 0 Å². The van der Waals surface area contributed by atoms with E-state index in [0.29, 0.717) is 24.5 Å². The fourth-order valence-corrected chi connectivity index (χ4v) is 3.15. The number of aryl methyl sites for hydroxylation is 1. The minimum Gasteiger partial charge on any atom is -0.490 e. The summed E-state index contributed by atoms with van der Waals surface area (Å²) in [6.45, 7) is 3.11. The Bertz CT molecular complexity index is 521. The monoisotopic (exact) mass is 290 g/mol. The fraction of sp³-hybridized carbons (Fsp3) is 0.500. The largest absolute Gasteiger partial charge is 0.490 e. The van der Waals surface area contributed by atoms with Gasteiger partial charge < -0.3 is 9.47 Å². The van der Waals surface area contributed by atoms with Gasteiger partial charge in [-0.25, -0.2) is 8.42 Å². The molecule has 0 N–H and O–H groups in total. The van der Waals surface area contributed by atoms with Crippen LogP contribution in [0.2, 0.25) is 0 Å². The van der Waals surface area contributed by atoms with Crippen LogP contribution in [0.1, 0.15) is 18.4 Å². The lowest BCUT2D eigenvalue weighted by Gasteiger charge is -2.23. The summed E-state index contributed by atoms with van der Waals surface area (Å²) in [6.07, 6.45) is 1.85. The molecule has 1 aromatic rings. The van der Waals surface area contributed by atoms with Gasteiger partial charge in [-0.15, -0.1) is 0 Å². The molecule has 2 rings (SSSR count). The van der Waals surface area contributed by atoms with Gasteiger partial charge in [-0.2, -0.15) is 0 Å². The van der Waals surface area contributed by atoms with Crippen LogP contribution in [0.5, 0.6) is 5.75 Å². The maximum absolute atomic E-state index is 11.3. The number of ether oxygens (including phenoxy) is 2. The number of rotatable bonds is 3. The van der Waals surface area contributed by atoms with Gasteiger partial charge >= 0.3 is 0 Å². The molecule has 18 heavy (non-hydrogen) atoms. The molecule has 0 bridgehead atoms. The third-order valence-electron chi connectivity index (χ3n) is 2.88. The summed E-state index contributed by atoms with van der Waals surface area (Å²) in [5.74, 6) is 0.670. The van der Waals surface area contributed by atoms with Crippen molar-refractivity contribution in [2.75, 3.05) is 13.2 Å². The minimum atomic E-state index is -3.69. The molecule has 1 aliphatic heterocycles. The predicted molar refractivity (Wildman–Crippen MR) is 68.7 cm³/mol.